The zero-order chi connectivity index (χ0) is 15.6. The van der Waals surface area contributed by atoms with E-state index >= 15 is 0 Å². The van der Waals surface area contributed by atoms with Crippen molar-refractivity contribution < 1.29 is 19.4 Å². The SMILES string of the molecule is CC(C)(C)[C@@H](NC(=O)C1CCOc2ccccc21)C(=O)O. The van der Waals surface area contributed by atoms with Crippen molar-refractivity contribution in [2.75, 3.05) is 6.61 Å². The molecule has 2 atom stereocenters. The number of hydrogen-bond acceptors (Lipinski definition) is 3. The van der Waals surface area contributed by atoms with Crippen LogP contribution in [0, 0.1) is 5.41 Å². The van der Waals surface area contributed by atoms with Crippen molar-refractivity contribution in [1.29, 1.82) is 0 Å². The van der Waals surface area contributed by atoms with Gasteiger partial charge in [0.2, 0.25) is 5.91 Å². The number of carbonyl (C=O) groups excluding carboxylic acids is 1. The first-order valence-corrected chi connectivity index (χ1v) is 7.05. The number of carboxylic acid groups (broad SMARTS) is 1. The van der Waals surface area contributed by atoms with Crippen molar-refractivity contribution >= 4 is 11.9 Å². The van der Waals surface area contributed by atoms with Gasteiger partial charge in [0.25, 0.3) is 0 Å². The first-order valence-electron chi connectivity index (χ1n) is 7.05. The van der Waals surface area contributed by atoms with Gasteiger partial charge in [-0.3, -0.25) is 4.79 Å². The molecule has 1 aromatic carbocycles. The number of carbonyl (C=O) groups is 2. The number of aliphatic carboxylic acids is 1. The summed E-state index contributed by atoms with van der Waals surface area (Å²) >= 11 is 0. The van der Waals surface area contributed by atoms with Gasteiger partial charge in [-0.2, -0.15) is 0 Å². The van der Waals surface area contributed by atoms with Crippen LogP contribution in [0.1, 0.15) is 38.7 Å². The summed E-state index contributed by atoms with van der Waals surface area (Å²) in [5.74, 6) is -0.935. The molecule has 0 spiro atoms. The number of hydrogen-bond donors (Lipinski definition) is 2. The molecule has 0 aromatic heterocycles. The van der Waals surface area contributed by atoms with Crippen LogP contribution < -0.4 is 10.1 Å². The van der Waals surface area contributed by atoms with Crippen LogP contribution in [0.2, 0.25) is 0 Å². The van der Waals surface area contributed by atoms with Gasteiger partial charge in [0.15, 0.2) is 0 Å². The number of benzene rings is 1. The largest absolute Gasteiger partial charge is 0.493 e. The Morgan fingerprint density at radius 1 is 1.33 bits per heavy atom. The third-order valence-corrected chi connectivity index (χ3v) is 3.67. The zero-order valence-electron chi connectivity index (χ0n) is 12.6. The number of ether oxygens (including phenoxy) is 1. The fraction of sp³-hybridized carbons (Fsp3) is 0.500. The number of carboxylic acids is 1. The molecular weight excluding hydrogens is 270 g/mol. The highest BCUT2D eigenvalue weighted by Gasteiger charge is 2.36. The van der Waals surface area contributed by atoms with Crippen LogP contribution >= 0.6 is 0 Å². The van der Waals surface area contributed by atoms with Crippen LogP contribution in [-0.4, -0.2) is 29.6 Å². The molecule has 21 heavy (non-hydrogen) atoms. The zero-order valence-corrected chi connectivity index (χ0v) is 12.6. The molecule has 1 aromatic rings. The Balaban J connectivity index is 2.20. The lowest BCUT2D eigenvalue weighted by atomic mass is 9.85. The van der Waals surface area contributed by atoms with E-state index in [0.717, 1.165) is 5.56 Å². The summed E-state index contributed by atoms with van der Waals surface area (Å²) < 4.78 is 5.53. The Kier molecular flexibility index (Phi) is 4.21. The van der Waals surface area contributed by atoms with E-state index in [-0.39, 0.29) is 11.8 Å². The Morgan fingerprint density at radius 2 is 2.00 bits per heavy atom. The van der Waals surface area contributed by atoms with E-state index in [1.807, 2.05) is 24.3 Å². The van der Waals surface area contributed by atoms with Gasteiger partial charge in [0.05, 0.1) is 12.5 Å². The Bertz CT molecular complexity index is 547. The minimum Gasteiger partial charge on any atom is -0.493 e. The summed E-state index contributed by atoms with van der Waals surface area (Å²) in [6, 6.07) is 6.47. The molecule has 0 radical (unpaired) electrons. The van der Waals surface area contributed by atoms with Gasteiger partial charge in [-0.05, 0) is 17.9 Å². The summed E-state index contributed by atoms with van der Waals surface area (Å²) in [6.45, 7) is 5.85. The first kappa shape index (κ1) is 15.4. The van der Waals surface area contributed by atoms with Gasteiger partial charge in [0.1, 0.15) is 11.8 Å². The predicted octanol–water partition coefficient (Wildman–Crippen LogP) is 2.17. The minimum atomic E-state index is -1.02. The van der Waals surface area contributed by atoms with Crippen LogP contribution in [0.5, 0.6) is 5.75 Å². The average Bonchev–Trinajstić information content (AvgIpc) is 2.42. The van der Waals surface area contributed by atoms with Gasteiger partial charge < -0.3 is 15.2 Å². The highest BCUT2D eigenvalue weighted by molar-refractivity contribution is 5.89. The molecule has 5 heteroatoms. The van der Waals surface area contributed by atoms with E-state index in [9.17, 15) is 14.7 Å². The lowest BCUT2D eigenvalue weighted by Crippen LogP contribution is -2.50. The second kappa shape index (κ2) is 5.76. The molecule has 5 nitrogen and oxygen atoms in total. The maximum absolute atomic E-state index is 12.5. The van der Waals surface area contributed by atoms with Gasteiger partial charge in [-0.1, -0.05) is 39.0 Å². The van der Waals surface area contributed by atoms with Gasteiger partial charge in [-0.25, -0.2) is 4.79 Å². The van der Waals surface area contributed by atoms with Crippen molar-refractivity contribution in [3.8, 4) is 5.75 Å². The summed E-state index contributed by atoms with van der Waals surface area (Å²) in [6.07, 6.45) is 0.555. The fourth-order valence-electron chi connectivity index (χ4n) is 2.51. The summed E-state index contributed by atoms with van der Waals surface area (Å²) in [5, 5.41) is 12.0. The molecule has 1 aliphatic rings. The molecule has 1 aliphatic heterocycles. The molecule has 1 amide bonds. The van der Waals surface area contributed by atoms with Crippen LogP contribution in [-0.2, 0) is 9.59 Å². The summed E-state index contributed by atoms with van der Waals surface area (Å²) in [7, 11) is 0. The monoisotopic (exact) mass is 291 g/mol. The second-order valence-corrected chi connectivity index (χ2v) is 6.37. The molecule has 2 N–H and O–H groups in total. The number of fused-ring (bicyclic) bond motifs is 1. The van der Waals surface area contributed by atoms with E-state index in [1.54, 1.807) is 20.8 Å². The molecule has 1 unspecified atom stereocenters. The van der Waals surface area contributed by atoms with Crippen LogP contribution in [0.25, 0.3) is 0 Å². The van der Waals surface area contributed by atoms with Crippen molar-refractivity contribution in [2.45, 2.75) is 39.2 Å². The fourth-order valence-corrected chi connectivity index (χ4v) is 2.51. The molecule has 114 valence electrons. The standard InChI is InChI=1S/C16H21NO4/c1-16(2,3)13(15(19)20)17-14(18)11-8-9-21-12-7-5-4-6-10(11)12/h4-7,11,13H,8-9H2,1-3H3,(H,17,18)(H,19,20)/t11?,13-/m0/s1. The van der Waals surface area contributed by atoms with E-state index < -0.39 is 17.4 Å². The number of amides is 1. The number of para-hydroxylation sites is 1. The third-order valence-electron chi connectivity index (χ3n) is 3.67. The molecular formula is C16H21NO4. The molecule has 0 aliphatic carbocycles. The number of nitrogens with one attached hydrogen (secondary N) is 1. The maximum Gasteiger partial charge on any atom is 0.326 e. The molecule has 0 bridgehead atoms. The molecule has 0 saturated carbocycles. The topological polar surface area (TPSA) is 75.6 Å². The molecule has 0 saturated heterocycles. The highest BCUT2D eigenvalue weighted by Crippen LogP contribution is 2.34. The molecule has 1 heterocycles. The van der Waals surface area contributed by atoms with E-state index in [4.69, 9.17) is 4.74 Å². The van der Waals surface area contributed by atoms with Crippen LogP contribution in [0.3, 0.4) is 0 Å². The van der Waals surface area contributed by atoms with E-state index in [0.29, 0.717) is 18.8 Å². The van der Waals surface area contributed by atoms with Crippen LogP contribution in [0.15, 0.2) is 24.3 Å². The first-order chi connectivity index (χ1) is 9.80. The van der Waals surface area contributed by atoms with Gasteiger partial charge >= 0.3 is 5.97 Å². The Labute approximate surface area is 124 Å². The lowest BCUT2D eigenvalue weighted by molar-refractivity contribution is -0.145. The van der Waals surface area contributed by atoms with Gasteiger partial charge in [-0.15, -0.1) is 0 Å². The van der Waals surface area contributed by atoms with Crippen molar-refractivity contribution in [3.63, 3.8) is 0 Å². The lowest BCUT2D eigenvalue weighted by Gasteiger charge is -2.31. The second-order valence-electron chi connectivity index (χ2n) is 6.37. The quantitative estimate of drug-likeness (QED) is 0.895. The van der Waals surface area contributed by atoms with Crippen LogP contribution in [0.4, 0.5) is 0 Å². The van der Waals surface area contributed by atoms with Crippen molar-refractivity contribution in [1.82, 2.24) is 5.32 Å². The molecule has 2 rings (SSSR count). The van der Waals surface area contributed by atoms with Crippen molar-refractivity contribution in [3.05, 3.63) is 29.8 Å². The van der Waals surface area contributed by atoms with Gasteiger partial charge in [0, 0.05) is 5.56 Å². The Morgan fingerprint density at radius 3 is 2.62 bits per heavy atom. The maximum atomic E-state index is 12.5. The summed E-state index contributed by atoms with van der Waals surface area (Å²) in [5.41, 5.74) is 0.269. The predicted molar refractivity (Wildman–Crippen MR) is 78.3 cm³/mol. The summed E-state index contributed by atoms with van der Waals surface area (Å²) in [4.78, 5) is 23.9. The third kappa shape index (κ3) is 3.35. The smallest absolute Gasteiger partial charge is 0.326 e. The minimum absolute atomic E-state index is 0.256. The number of rotatable bonds is 3. The Hall–Kier alpha value is -2.04. The normalized spacial score (nSPS) is 19.1. The highest BCUT2D eigenvalue weighted by atomic mass is 16.5. The molecule has 0 fully saturated rings. The average molecular weight is 291 g/mol. The van der Waals surface area contributed by atoms with Crippen molar-refractivity contribution in [2.24, 2.45) is 5.41 Å². The van der Waals surface area contributed by atoms with E-state index in [2.05, 4.69) is 5.32 Å². The van der Waals surface area contributed by atoms with E-state index in [1.165, 1.54) is 0 Å².